The highest BCUT2D eigenvalue weighted by atomic mass is 32.1. The predicted octanol–water partition coefficient (Wildman–Crippen LogP) is 3.56. The molecule has 0 fully saturated rings. The van der Waals surface area contributed by atoms with E-state index in [1.54, 1.807) is 11.3 Å². The molecule has 104 valence electrons. The highest BCUT2D eigenvalue weighted by molar-refractivity contribution is 7.19. The van der Waals surface area contributed by atoms with Gasteiger partial charge in [-0.15, -0.1) is 11.3 Å². The second-order valence-corrected chi connectivity index (χ2v) is 6.06. The minimum Gasteiger partial charge on any atom is -0.330 e. The topological polar surface area (TPSA) is 43.8 Å². The van der Waals surface area contributed by atoms with Gasteiger partial charge in [0.1, 0.15) is 5.82 Å². The molecule has 0 bridgehead atoms. The van der Waals surface area contributed by atoms with Crippen LogP contribution in [-0.2, 0) is 19.5 Å². The number of hydrogen-bond acceptors (Lipinski definition) is 3. The Hall–Kier alpha value is -1.65. The van der Waals surface area contributed by atoms with Gasteiger partial charge in [0.25, 0.3) is 0 Å². The third kappa shape index (κ3) is 2.37. The Morgan fingerprint density at radius 2 is 2.15 bits per heavy atom. The Morgan fingerprint density at radius 3 is 2.95 bits per heavy atom. The maximum atomic E-state index is 5.93. The zero-order valence-electron chi connectivity index (χ0n) is 11.7. The predicted molar refractivity (Wildman–Crippen MR) is 85.0 cm³/mol. The van der Waals surface area contributed by atoms with E-state index in [0.29, 0.717) is 6.54 Å². The molecular weight excluding hydrogens is 266 g/mol. The van der Waals surface area contributed by atoms with Gasteiger partial charge in [0, 0.05) is 34.9 Å². The van der Waals surface area contributed by atoms with Gasteiger partial charge in [0.2, 0.25) is 0 Å². The van der Waals surface area contributed by atoms with E-state index in [1.165, 1.54) is 20.5 Å². The molecule has 3 nitrogen and oxygen atoms in total. The molecule has 20 heavy (non-hydrogen) atoms. The van der Waals surface area contributed by atoms with Crippen molar-refractivity contribution in [2.75, 3.05) is 0 Å². The number of nitrogens with two attached hydrogens (primary N) is 1. The lowest BCUT2D eigenvalue weighted by atomic mass is 10.1. The Morgan fingerprint density at radius 1 is 1.30 bits per heavy atom. The van der Waals surface area contributed by atoms with E-state index in [1.807, 2.05) is 6.20 Å². The molecule has 0 spiro atoms. The Balaban J connectivity index is 2.03. The van der Waals surface area contributed by atoms with Gasteiger partial charge in [-0.1, -0.05) is 25.1 Å². The van der Waals surface area contributed by atoms with Crippen molar-refractivity contribution in [1.29, 1.82) is 0 Å². The van der Waals surface area contributed by atoms with Crippen molar-refractivity contribution in [3.05, 3.63) is 52.9 Å². The first kappa shape index (κ1) is 13.3. The lowest BCUT2D eigenvalue weighted by molar-refractivity contribution is 0.705. The van der Waals surface area contributed by atoms with Crippen LogP contribution in [0, 0.1) is 0 Å². The molecule has 2 heterocycles. The van der Waals surface area contributed by atoms with Crippen LogP contribution in [-0.4, -0.2) is 9.55 Å². The number of fused-ring (bicyclic) bond motifs is 1. The van der Waals surface area contributed by atoms with Crippen molar-refractivity contribution < 1.29 is 0 Å². The van der Waals surface area contributed by atoms with Crippen LogP contribution in [0.5, 0.6) is 0 Å². The Bertz CT molecular complexity index is 711. The molecule has 2 N–H and O–H groups in total. The van der Waals surface area contributed by atoms with E-state index in [4.69, 9.17) is 5.73 Å². The minimum atomic E-state index is 0.604. The maximum absolute atomic E-state index is 5.93. The van der Waals surface area contributed by atoms with Gasteiger partial charge in [-0.25, -0.2) is 4.98 Å². The van der Waals surface area contributed by atoms with Crippen LogP contribution in [0.15, 0.2) is 36.7 Å². The second-order valence-electron chi connectivity index (χ2n) is 4.93. The summed E-state index contributed by atoms with van der Waals surface area (Å²) < 4.78 is 3.57. The fourth-order valence-electron chi connectivity index (χ4n) is 2.59. The molecule has 0 unspecified atom stereocenters. The molecule has 0 atom stereocenters. The highest BCUT2D eigenvalue weighted by Gasteiger charge is 2.12. The third-order valence-electron chi connectivity index (χ3n) is 3.57. The van der Waals surface area contributed by atoms with Crippen molar-refractivity contribution in [3.63, 3.8) is 0 Å². The molecule has 3 rings (SSSR count). The molecule has 0 amide bonds. The molecule has 3 aromatic rings. The summed E-state index contributed by atoms with van der Waals surface area (Å²) in [5, 5.41) is 1.33. The number of aryl methyl sites for hydroxylation is 1. The molecule has 0 saturated carbocycles. The van der Waals surface area contributed by atoms with E-state index in [2.05, 4.69) is 46.9 Å². The van der Waals surface area contributed by atoms with E-state index in [0.717, 1.165) is 25.2 Å². The zero-order valence-corrected chi connectivity index (χ0v) is 12.5. The van der Waals surface area contributed by atoms with Crippen LogP contribution < -0.4 is 5.73 Å². The first-order valence-corrected chi connectivity index (χ1v) is 7.84. The van der Waals surface area contributed by atoms with Gasteiger partial charge in [-0.3, -0.25) is 0 Å². The molecule has 0 aliphatic heterocycles. The van der Waals surface area contributed by atoms with Crippen LogP contribution in [0.3, 0.4) is 0 Å². The average Bonchev–Trinajstić information content (AvgIpc) is 3.05. The number of aromatic nitrogens is 2. The maximum Gasteiger partial charge on any atom is 0.108 e. The van der Waals surface area contributed by atoms with E-state index >= 15 is 0 Å². The SMILES string of the molecule is CCCc1nccn1Cc1c(CN)sc2ccccc12. The lowest BCUT2D eigenvalue weighted by Gasteiger charge is -2.08. The Kier molecular flexibility index (Phi) is 3.85. The zero-order chi connectivity index (χ0) is 13.9. The number of thiophene rings is 1. The molecular formula is C16H19N3S. The van der Waals surface area contributed by atoms with E-state index in [9.17, 15) is 0 Å². The fourth-order valence-corrected chi connectivity index (χ4v) is 3.69. The van der Waals surface area contributed by atoms with Crippen molar-refractivity contribution >= 4 is 21.4 Å². The van der Waals surface area contributed by atoms with Gasteiger partial charge >= 0.3 is 0 Å². The number of nitrogens with zero attached hydrogens (tertiary/aromatic N) is 2. The summed E-state index contributed by atoms with van der Waals surface area (Å²) in [6, 6.07) is 8.54. The smallest absolute Gasteiger partial charge is 0.108 e. The summed E-state index contributed by atoms with van der Waals surface area (Å²) >= 11 is 1.81. The number of hydrogen-bond donors (Lipinski definition) is 1. The molecule has 1 aromatic carbocycles. The van der Waals surface area contributed by atoms with Crippen LogP contribution in [0.25, 0.3) is 10.1 Å². The molecule has 0 aliphatic carbocycles. The second kappa shape index (κ2) is 5.77. The number of imidazole rings is 1. The van der Waals surface area contributed by atoms with E-state index in [-0.39, 0.29) is 0 Å². The Labute approximate surface area is 123 Å². The number of rotatable bonds is 5. The summed E-state index contributed by atoms with van der Waals surface area (Å²) in [4.78, 5) is 5.74. The normalized spacial score (nSPS) is 11.3. The average molecular weight is 285 g/mol. The molecule has 4 heteroatoms. The molecule has 0 radical (unpaired) electrons. The van der Waals surface area contributed by atoms with Crippen LogP contribution >= 0.6 is 11.3 Å². The minimum absolute atomic E-state index is 0.604. The number of benzene rings is 1. The van der Waals surface area contributed by atoms with Gasteiger partial charge < -0.3 is 10.3 Å². The van der Waals surface area contributed by atoms with E-state index < -0.39 is 0 Å². The van der Waals surface area contributed by atoms with Crippen molar-refractivity contribution in [2.45, 2.75) is 32.9 Å². The fraction of sp³-hybridized carbons (Fsp3) is 0.312. The largest absolute Gasteiger partial charge is 0.330 e. The summed E-state index contributed by atoms with van der Waals surface area (Å²) in [7, 11) is 0. The van der Waals surface area contributed by atoms with Gasteiger partial charge in [0.05, 0.1) is 6.54 Å². The van der Waals surface area contributed by atoms with Crippen LogP contribution in [0.1, 0.15) is 29.6 Å². The molecule has 0 aliphatic rings. The summed E-state index contributed by atoms with van der Waals surface area (Å²) in [6.07, 6.45) is 6.09. The van der Waals surface area contributed by atoms with Gasteiger partial charge in [-0.05, 0) is 23.4 Å². The summed E-state index contributed by atoms with van der Waals surface area (Å²) in [5.74, 6) is 1.16. The third-order valence-corrected chi connectivity index (χ3v) is 4.81. The monoisotopic (exact) mass is 285 g/mol. The first-order valence-electron chi connectivity index (χ1n) is 7.02. The highest BCUT2D eigenvalue weighted by Crippen LogP contribution is 2.31. The van der Waals surface area contributed by atoms with Gasteiger partial charge in [-0.2, -0.15) is 0 Å². The van der Waals surface area contributed by atoms with Gasteiger partial charge in [0.15, 0.2) is 0 Å². The first-order chi connectivity index (χ1) is 9.83. The quantitative estimate of drug-likeness (QED) is 0.779. The lowest BCUT2D eigenvalue weighted by Crippen LogP contribution is -2.06. The molecule has 2 aromatic heterocycles. The summed E-state index contributed by atoms with van der Waals surface area (Å²) in [6.45, 7) is 3.66. The van der Waals surface area contributed by atoms with Crippen LogP contribution in [0.4, 0.5) is 0 Å². The van der Waals surface area contributed by atoms with Crippen LogP contribution in [0.2, 0.25) is 0 Å². The summed E-state index contributed by atoms with van der Waals surface area (Å²) in [5.41, 5.74) is 7.28. The molecule has 0 saturated heterocycles. The van der Waals surface area contributed by atoms with Crippen molar-refractivity contribution in [2.24, 2.45) is 5.73 Å². The van der Waals surface area contributed by atoms with Crippen molar-refractivity contribution in [1.82, 2.24) is 9.55 Å². The standard InChI is InChI=1S/C16H19N3S/c1-2-5-16-18-8-9-19(16)11-13-12-6-3-4-7-14(12)20-15(13)10-17/h3-4,6-9H,2,5,10-11,17H2,1H3. The van der Waals surface area contributed by atoms with Crippen molar-refractivity contribution in [3.8, 4) is 0 Å².